The van der Waals surface area contributed by atoms with Crippen molar-refractivity contribution in [1.29, 1.82) is 0 Å². The maximum Gasteiger partial charge on any atom is 0.156 e. The molecular weight excluding hydrogens is 186 g/mol. The van der Waals surface area contributed by atoms with Crippen LogP contribution >= 0.6 is 0 Å². The van der Waals surface area contributed by atoms with Gasteiger partial charge in [-0.1, -0.05) is 18.6 Å². The van der Waals surface area contributed by atoms with Crippen molar-refractivity contribution in [2.45, 2.75) is 52.0 Å². The van der Waals surface area contributed by atoms with Gasteiger partial charge in [-0.25, -0.2) is 0 Å². The number of rotatable bonds is 4. The Labute approximate surface area is 93.3 Å². The Kier molecular flexibility index (Phi) is 4.09. The van der Waals surface area contributed by atoms with E-state index in [0.717, 1.165) is 18.7 Å². The van der Waals surface area contributed by atoms with Crippen molar-refractivity contribution in [3.05, 3.63) is 12.2 Å². The standard InChI is InChI=1S/C13H23NO/c1-11(2)10-12(15)13(3,4)14-8-6-5-7-9-14/h1,5-10H2,2-4H3. The minimum atomic E-state index is -0.306. The second kappa shape index (κ2) is 4.93. The molecule has 1 aliphatic heterocycles. The SMILES string of the molecule is C=C(C)CC(=O)C(C)(C)N1CCCCC1. The highest BCUT2D eigenvalue weighted by Gasteiger charge is 2.34. The zero-order chi connectivity index (χ0) is 11.5. The summed E-state index contributed by atoms with van der Waals surface area (Å²) >= 11 is 0. The van der Waals surface area contributed by atoms with E-state index >= 15 is 0 Å². The Bertz CT molecular complexity index is 249. The third-order valence-electron chi connectivity index (χ3n) is 3.29. The van der Waals surface area contributed by atoms with Crippen molar-refractivity contribution < 1.29 is 4.79 Å². The fraction of sp³-hybridized carbons (Fsp3) is 0.769. The van der Waals surface area contributed by atoms with Gasteiger partial charge in [0.15, 0.2) is 5.78 Å². The number of hydrogen-bond acceptors (Lipinski definition) is 2. The lowest BCUT2D eigenvalue weighted by Gasteiger charge is -2.39. The number of nitrogens with zero attached hydrogens (tertiary/aromatic N) is 1. The van der Waals surface area contributed by atoms with Crippen molar-refractivity contribution in [3.8, 4) is 0 Å². The Balaban J connectivity index is 2.62. The van der Waals surface area contributed by atoms with Gasteiger partial charge in [0.2, 0.25) is 0 Å². The van der Waals surface area contributed by atoms with Crippen LogP contribution in [0.25, 0.3) is 0 Å². The average Bonchev–Trinajstić information content (AvgIpc) is 2.18. The first-order valence-corrected chi connectivity index (χ1v) is 5.87. The number of likely N-dealkylation sites (tertiary alicyclic amines) is 1. The summed E-state index contributed by atoms with van der Waals surface area (Å²) in [7, 11) is 0. The van der Waals surface area contributed by atoms with E-state index in [9.17, 15) is 4.79 Å². The number of carbonyl (C=O) groups excluding carboxylic acids is 1. The molecular formula is C13H23NO. The van der Waals surface area contributed by atoms with Crippen molar-refractivity contribution in [3.63, 3.8) is 0 Å². The minimum absolute atomic E-state index is 0.303. The highest BCUT2D eigenvalue weighted by Crippen LogP contribution is 2.23. The van der Waals surface area contributed by atoms with Gasteiger partial charge in [-0.05, 0) is 46.7 Å². The van der Waals surface area contributed by atoms with Crippen LogP contribution in [-0.4, -0.2) is 29.3 Å². The molecule has 0 atom stereocenters. The lowest BCUT2D eigenvalue weighted by atomic mass is 9.90. The molecule has 0 radical (unpaired) electrons. The summed E-state index contributed by atoms with van der Waals surface area (Å²) in [5.41, 5.74) is 0.657. The van der Waals surface area contributed by atoms with Crippen LogP contribution in [0.1, 0.15) is 46.5 Å². The lowest BCUT2D eigenvalue weighted by Crippen LogP contribution is -2.52. The van der Waals surface area contributed by atoms with E-state index in [-0.39, 0.29) is 5.54 Å². The number of allylic oxidation sites excluding steroid dienone is 1. The molecule has 2 nitrogen and oxygen atoms in total. The largest absolute Gasteiger partial charge is 0.297 e. The third-order valence-corrected chi connectivity index (χ3v) is 3.29. The Morgan fingerprint density at radius 3 is 2.27 bits per heavy atom. The maximum atomic E-state index is 12.1. The number of carbonyl (C=O) groups is 1. The zero-order valence-corrected chi connectivity index (χ0v) is 10.3. The topological polar surface area (TPSA) is 20.3 Å². The molecule has 0 bridgehead atoms. The minimum Gasteiger partial charge on any atom is -0.297 e. The van der Waals surface area contributed by atoms with Crippen LogP contribution in [0.2, 0.25) is 0 Å². The maximum absolute atomic E-state index is 12.1. The molecule has 0 N–H and O–H groups in total. The highest BCUT2D eigenvalue weighted by atomic mass is 16.1. The zero-order valence-electron chi connectivity index (χ0n) is 10.3. The van der Waals surface area contributed by atoms with E-state index in [1.54, 1.807) is 0 Å². The molecule has 2 heteroatoms. The summed E-state index contributed by atoms with van der Waals surface area (Å²) in [6, 6.07) is 0. The van der Waals surface area contributed by atoms with Crippen LogP contribution in [0.4, 0.5) is 0 Å². The van der Waals surface area contributed by atoms with E-state index in [0.29, 0.717) is 12.2 Å². The van der Waals surface area contributed by atoms with Crippen molar-refractivity contribution in [2.24, 2.45) is 0 Å². The molecule has 0 spiro atoms. The van der Waals surface area contributed by atoms with Crippen LogP contribution in [-0.2, 0) is 4.79 Å². The van der Waals surface area contributed by atoms with Gasteiger partial charge in [0.1, 0.15) is 0 Å². The molecule has 0 unspecified atom stereocenters. The van der Waals surface area contributed by atoms with Gasteiger partial charge in [0.25, 0.3) is 0 Å². The molecule has 1 saturated heterocycles. The van der Waals surface area contributed by atoms with E-state index < -0.39 is 0 Å². The van der Waals surface area contributed by atoms with Gasteiger partial charge in [0.05, 0.1) is 5.54 Å². The highest BCUT2D eigenvalue weighted by molar-refractivity contribution is 5.89. The summed E-state index contributed by atoms with van der Waals surface area (Å²) in [6.45, 7) is 12.0. The molecule has 86 valence electrons. The number of piperidine rings is 1. The second-order valence-corrected chi connectivity index (χ2v) is 5.16. The lowest BCUT2D eigenvalue weighted by molar-refractivity contribution is -0.129. The first kappa shape index (κ1) is 12.4. The van der Waals surface area contributed by atoms with E-state index in [4.69, 9.17) is 0 Å². The van der Waals surface area contributed by atoms with Gasteiger partial charge in [-0.3, -0.25) is 9.69 Å². The molecule has 1 rings (SSSR count). The fourth-order valence-corrected chi connectivity index (χ4v) is 2.12. The van der Waals surface area contributed by atoms with Crippen LogP contribution < -0.4 is 0 Å². The molecule has 0 saturated carbocycles. The van der Waals surface area contributed by atoms with Gasteiger partial charge in [-0.15, -0.1) is 0 Å². The summed E-state index contributed by atoms with van der Waals surface area (Å²) in [5, 5.41) is 0. The molecule has 1 heterocycles. The van der Waals surface area contributed by atoms with Crippen LogP contribution in [0.15, 0.2) is 12.2 Å². The molecule has 0 amide bonds. The van der Waals surface area contributed by atoms with Gasteiger partial charge < -0.3 is 0 Å². The Morgan fingerprint density at radius 1 is 1.27 bits per heavy atom. The van der Waals surface area contributed by atoms with Crippen molar-refractivity contribution in [1.82, 2.24) is 4.90 Å². The van der Waals surface area contributed by atoms with Crippen LogP contribution in [0.5, 0.6) is 0 Å². The molecule has 0 aromatic rings. The van der Waals surface area contributed by atoms with Gasteiger partial charge in [-0.2, -0.15) is 0 Å². The third kappa shape index (κ3) is 3.16. The average molecular weight is 209 g/mol. The van der Waals surface area contributed by atoms with E-state index in [2.05, 4.69) is 11.5 Å². The Morgan fingerprint density at radius 2 is 1.80 bits per heavy atom. The second-order valence-electron chi connectivity index (χ2n) is 5.16. The number of ketones is 1. The van der Waals surface area contributed by atoms with Gasteiger partial charge >= 0.3 is 0 Å². The van der Waals surface area contributed by atoms with E-state index in [1.165, 1.54) is 19.3 Å². The molecule has 0 aromatic carbocycles. The van der Waals surface area contributed by atoms with Crippen LogP contribution in [0.3, 0.4) is 0 Å². The first-order chi connectivity index (χ1) is 6.94. The molecule has 1 aliphatic rings. The molecule has 0 aliphatic carbocycles. The monoisotopic (exact) mass is 209 g/mol. The summed E-state index contributed by atoms with van der Waals surface area (Å²) in [4.78, 5) is 14.4. The summed E-state index contributed by atoms with van der Waals surface area (Å²) < 4.78 is 0. The first-order valence-electron chi connectivity index (χ1n) is 5.87. The predicted molar refractivity (Wildman–Crippen MR) is 63.9 cm³/mol. The number of hydrogen-bond donors (Lipinski definition) is 0. The molecule has 1 fully saturated rings. The van der Waals surface area contributed by atoms with Gasteiger partial charge in [0, 0.05) is 6.42 Å². The van der Waals surface area contributed by atoms with Crippen molar-refractivity contribution in [2.75, 3.05) is 13.1 Å². The Hall–Kier alpha value is -0.630. The normalized spacial score (nSPS) is 18.9. The molecule has 15 heavy (non-hydrogen) atoms. The summed E-state index contributed by atoms with van der Waals surface area (Å²) in [5.74, 6) is 0.303. The smallest absolute Gasteiger partial charge is 0.156 e. The van der Waals surface area contributed by atoms with Crippen LogP contribution in [0, 0.1) is 0 Å². The molecule has 0 aromatic heterocycles. The number of Topliss-reactive ketones (excluding diaryl/α,β-unsaturated/α-hetero) is 1. The predicted octanol–water partition coefficient (Wildman–Crippen LogP) is 2.79. The fourth-order valence-electron chi connectivity index (χ4n) is 2.12. The van der Waals surface area contributed by atoms with Crippen molar-refractivity contribution >= 4 is 5.78 Å². The quantitative estimate of drug-likeness (QED) is 0.664. The van der Waals surface area contributed by atoms with E-state index in [1.807, 2.05) is 20.8 Å². The summed E-state index contributed by atoms with van der Waals surface area (Å²) in [6.07, 6.45) is 4.28.